The van der Waals surface area contributed by atoms with Gasteiger partial charge in [0.05, 0.1) is 0 Å². The molecule has 0 saturated carbocycles. The molecule has 3 nitrogen and oxygen atoms in total. The van der Waals surface area contributed by atoms with Crippen LogP contribution < -0.4 is 10.6 Å². The molecule has 0 aliphatic carbocycles. The highest BCUT2D eigenvalue weighted by molar-refractivity contribution is 7.10. The predicted molar refractivity (Wildman–Crippen MR) is 52.6 cm³/mol. The largest absolute Gasteiger partial charge is 0.314 e. The molecule has 1 aliphatic rings. The molecule has 0 spiro atoms. The lowest BCUT2D eigenvalue weighted by atomic mass is 10.1. The highest BCUT2D eigenvalue weighted by Crippen LogP contribution is 2.20. The van der Waals surface area contributed by atoms with Gasteiger partial charge in [0.25, 0.3) is 0 Å². The summed E-state index contributed by atoms with van der Waals surface area (Å²) >= 11 is 1.51. The first kappa shape index (κ1) is 8.70. The number of nitriles is 1. The molecular weight excluding hydrogens is 182 g/mol. The summed E-state index contributed by atoms with van der Waals surface area (Å²) in [5, 5.41) is 17.5. The highest BCUT2D eigenvalue weighted by atomic mass is 32.1. The van der Waals surface area contributed by atoms with Crippen LogP contribution in [0.15, 0.2) is 11.4 Å². The van der Waals surface area contributed by atoms with Crippen LogP contribution in [0.1, 0.15) is 16.5 Å². The number of rotatable bonds is 1. The Hall–Kier alpha value is -0.890. The third-order valence-corrected chi connectivity index (χ3v) is 3.03. The van der Waals surface area contributed by atoms with Gasteiger partial charge in [-0.3, -0.25) is 0 Å². The number of nitrogens with one attached hydrogen (secondary N) is 2. The van der Waals surface area contributed by atoms with E-state index in [9.17, 15) is 0 Å². The molecule has 4 heteroatoms. The fourth-order valence-corrected chi connectivity index (χ4v) is 2.23. The molecule has 2 heterocycles. The summed E-state index contributed by atoms with van der Waals surface area (Å²) in [7, 11) is 0. The summed E-state index contributed by atoms with van der Waals surface area (Å²) in [6.45, 7) is 3.00. The molecule has 1 saturated heterocycles. The summed E-state index contributed by atoms with van der Waals surface area (Å²) in [5.74, 6) is 0. The molecule has 1 aromatic heterocycles. The molecule has 1 aliphatic heterocycles. The predicted octanol–water partition coefficient (Wildman–Crippen LogP) is 0.854. The molecule has 0 unspecified atom stereocenters. The monoisotopic (exact) mass is 193 g/mol. The average molecular weight is 193 g/mol. The Balaban J connectivity index is 2.11. The van der Waals surface area contributed by atoms with Crippen molar-refractivity contribution < 1.29 is 0 Å². The highest BCUT2D eigenvalue weighted by Gasteiger charge is 2.15. The maximum atomic E-state index is 8.67. The van der Waals surface area contributed by atoms with E-state index in [1.54, 1.807) is 0 Å². The van der Waals surface area contributed by atoms with E-state index in [2.05, 4.69) is 22.1 Å². The standard InChI is InChI=1S/C9H11N3S/c10-4-8-3-7(6-13-8)9-5-11-1-2-12-9/h3,6,9,11-12H,1-2,5H2/t9-/m0/s1. The van der Waals surface area contributed by atoms with Gasteiger partial charge in [-0.25, -0.2) is 0 Å². The van der Waals surface area contributed by atoms with Crippen LogP contribution in [0.3, 0.4) is 0 Å². The zero-order valence-electron chi connectivity index (χ0n) is 7.21. The van der Waals surface area contributed by atoms with Crippen molar-refractivity contribution in [3.63, 3.8) is 0 Å². The smallest absolute Gasteiger partial charge is 0.110 e. The number of piperazine rings is 1. The van der Waals surface area contributed by atoms with Crippen molar-refractivity contribution in [1.82, 2.24) is 10.6 Å². The van der Waals surface area contributed by atoms with E-state index in [0.29, 0.717) is 6.04 Å². The van der Waals surface area contributed by atoms with Crippen LogP contribution in [0.2, 0.25) is 0 Å². The van der Waals surface area contributed by atoms with Crippen molar-refractivity contribution in [1.29, 1.82) is 5.26 Å². The Morgan fingerprint density at radius 3 is 3.08 bits per heavy atom. The van der Waals surface area contributed by atoms with Crippen LogP contribution in [-0.2, 0) is 0 Å². The minimum atomic E-state index is 0.382. The molecular formula is C9H11N3S. The van der Waals surface area contributed by atoms with Crippen LogP contribution in [0.5, 0.6) is 0 Å². The second-order valence-electron chi connectivity index (χ2n) is 3.07. The van der Waals surface area contributed by atoms with Crippen LogP contribution in [0.4, 0.5) is 0 Å². The van der Waals surface area contributed by atoms with Gasteiger partial charge in [-0.2, -0.15) is 5.26 Å². The maximum absolute atomic E-state index is 8.67. The second-order valence-corrected chi connectivity index (χ2v) is 3.98. The molecule has 1 fully saturated rings. The molecule has 0 aromatic carbocycles. The van der Waals surface area contributed by atoms with E-state index in [4.69, 9.17) is 5.26 Å². The first-order valence-electron chi connectivity index (χ1n) is 4.33. The Labute approximate surface area is 81.4 Å². The lowest BCUT2D eigenvalue weighted by Gasteiger charge is -2.23. The Morgan fingerprint density at radius 1 is 1.54 bits per heavy atom. The third-order valence-electron chi connectivity index (χ3n) is 2.17. The number of nitrogens with zero attached hydrogens (tertiary/aromatic N) is 1. The lowest BCUT2D eigenvalue weighted by molar-refractivity contribution is 0.431. The number of hydrogen-bond donors (Lipinski definition) is 2. The Morgan fingerprint density at radius 2 is 2.46 bits per heavy atom. The van der Waals surface area contributed by atoms with Gasteiger partial charge >= 0.3 is 0 Å². The van der Waals surface area contributed by atoms with E-state index in [1.165, 1.54) is 16.9 Å². The molecule has 0 amide bonds. The normalized spacial score (nSPS) is 22.5. The van der Waals surface area contributed by atoms with E-state index in [-0.39, 0.29) is 0 Å². The third kappa shape index (κ3) is 1.89. The van der Waals surface area contributed by atoms with Crippen molar-refractivity contribution in [2.24, 2.45) is 0 Å². The van der Waals surface area contributed by atoms with Gasteiger partial charge in [0.2, 0.25) is 0 Å². The SMILES string of the molecule is N#Cc1cc([C@@H]2CNCCN2)cs1. The van der Waals surface area contributed by atoms with Crippen LogP contribution in [0, 0.1) is 11.3 Å². The molecule has 2 N–H and O–H groups in total. The number of thiophene rings is 1. The Kier molecular flexibility index (Phi) is 2.60. The zero-order valence-corrected chi connectivity index (χ0v) is 8.03. The zero-order chi connectivity index (χ0) is 9.10. The van der Waals surface area contributed by atoms with Gasteiger partial charge in [0.1, 0.15) is 10.9 Å². The molecule has 2 rings (SSSR count). The van der Waals surface area contributed by atoms with Crippen molar-refractivity contribution in [2.45, 2.75) is 6.04 Å². The van der Waals surface area contributed by atoms with E-state index in [1.807, 2.05) is 6.07 Å². The molecule has 13 heavy (non-hydrogen) atoms. The summed E-state index contributed by atoms with van der Waals surface area (Å²) in [5.41, 5.74) is 1.23. The minimum Gasteiger partial charge on any atom is -0.314 e. The fourth-order valence-electron chi connectivity index (χ4n) is 1.48. The van der Waals surface area contributed by atoms with Crippen molar-refractivity contribution in [2.75, 3.05) is 19.6 Å². The molecule has 0 bridgehead atoms. The Bertz CT molecular complexity index is 320. The first-order valence-corrected chi connectivity index (χ1v) is 5.21. The first-order chi connectivity index (χ1) is 6.40. The van der Waals surface area contributed by atoms with Gasteiger partial charge in [-0.1, -0.05) is 0 Å². The second kappa shape index (κ2) is 3.88. The summed E-state index contributed by atoms with van der Waals surface area (Å²) in [6, 6.07) is 4.51. The molecule has 1 aromatic rings. The van der Waals surface area contributed by atoms with Crippen LogP contribution in [-0.4, -0.2) is 19.6 Å². The summed E-state index contributed by atoms with van der Waals surface area (Å²) < 4.78 is 0. The van der Waals surface area contributed by atoms with Crippen molar-refractivity contribution >= 4 is 11.3 Å². The molecule has 68 valence electrons. The minimum absolute atomic E-state index is 0.382. The summed E-state index contributed by atoms with van der Waals surface area (Å²) in [4.78, 5) is 0.794. The lowest BCUT2D eigenvalue weighted by Crippen LogP contribution is -2.42. The molecule has 1 atom stereocenters. The van der Waals surface area contributed by atoms with E-state index in [0.717, 1.165) is 24.5 Å². The topological polar surface area (TPSA) is 47.9 Å². The quantitative estimate of drug-likeness (QED) is 0.695. The van der Waals surface area contributed by atoms with Crippen LogP contribution >= 0.6 is 11.3 Å². The van der Waals surface area contributed by atoms with Gasteiger partial charge < -0.3 is 10.6 Å². The van der Waals surface area contributed by atoms with Gasteiger partial charge in [-0.15, -0.1) is 11.3 Å². The fraction of sp³-hybridized carbons (Fsp3) is 0.444. The van der Waals surface area contributed by atoms with E-state index >= 15 is 0 Å². The maximum Gasteiger partial charge on any atom is 0.110 e. The summed E-state index contributed by atoms with van der Waals surface area (Å²) in [6.07, 6.45) is 0. The number of hydrogen-bond acceptors (Lipinski definition) is 4. The van der Waals surface area contributed by atoms with Gasteiger partial charge in [-0.05, 0) is 17.0 Å². The van der Waals surface area contributed by atoms with Crippen LogP contribution in [0.25, 0.3) is 0 Å². The van der Waals surface area contributed by atoms with Gasteiger partial charge in [0.15, 0.2) is 0 Å². The van der Waals surface area contributed by atoms with Gasteiger partial charge in [0, 0.05) is 25.7 Å². The average Bonchev–Trinajstić information content (AvgIpc) is 2.67. The van der Waals surface area contributed by atoms with E-state index < -0.39 is 0 Å². The molecule has 0 radical (unpaired) electrons. The van der Waals surface area contributed by atoms with Crippen molar-refractivity contribution in [3.8, 4) is 6.07 Å². The van der Waals surface area contributed by atoms with Crippen molar-refractivity contribution in [3.05, 3.63) is 21.9 Å².